The zero-order chi connectivity index (χ0) is 15.4. The molecule has 1 aliphatic heterocycles. The van der Waals surface area contributed by atoms with Crippen molar-refractivity contribution >= 4 is 21.8 Å². The number of halogens is 1. The SMILES string of the molecule is CCN(CC)C1CCN(C(=O)c2cc(OC)ccc2Br)C1. The van der Waals surface area contributed by atoms with E-state index >= 15 is 0 Å². The first-order chi connectivity index (χ1) is 10.1. The van der Waals surface area contributed by atoms with Crippen molar-refractivity contribution in [2.75, 3.05) is 33.3 Å². The van der Waals surface area contributed by atoms with Gasteiger partial charge in [0.15, 0.2) is 0 Å². The van der Waals surface area contributed by atoms with E-state index in [1.54, 1.807) is 13.2 Å². The molecule has 1 unspecified atom stereocenters. The number of hydrogen-bond acceptors (Lipinski definition) is 3. The number of methoxy groups -OCH3 is 1. The van der Waals surface area contributed by atoms with Crippen LogP contribution in [-0.2, 0) is 0 Å². The summed E-state index contributed by atoms with van der Waals surface area (Å²) in [6.45, 7) is 8.05. The van der Waals surface area contributed by atoms with E-state index < -0.39 is 0 Å². The maximum atomic E-state index is 12.7. The van der Waals surface area contributed by atoms with Crippen molar-refractivity contribution in [2.45, 2.75) is 26.3 Å². The molecule has 0 bridgehead atoms. The summed E-state index contributed by atoms with van der Waals surface area (Å²) in [5, 5.41) is 0. The molecule has 0 aliphatic carbocycles. The molecule has 21 heavy (non-hydrogen) atoms. The predicted molar refractivity (Wildman–Crippen MR) is 87.9 cm³/mol. The fourth-order valence-corrected chi connectivity index (χ4v) is 3.35. The summed E-state index contributed by atoms with van der Waals surface area (Å²) < 4.78 is 6.04. The maximum absolute atomic E-state index is 12.7. The number of rotatable bonds is 5. The van der Waals surface area contributed by atoms with E-state index in [0.717, 1.165) is 37.1 Å². The van der Waals surface area contributed by atoms with Crippen molar-refractivity contribution in [2.24, 2.45) is 0 Å². The standard InChI is InChI=1S/C16H23BrN2O2/c1-4-18(5-2)12-8-9-19(11-12)16(20)14-10-13(21-3)6-7-15(14)17/h6-7,10,12H,4-5,8-9,11H2,1-3H3. The third-order valence-electron chi connectivity index (χ3n) is 4.18. The number of hydrogen-bond donors (Lipinski definition) is 0. The van der Waals surface area contributed by atoms with Gasteiger partial charge in [0.2, 0.25) is 0 Å². The Morgan fingerprint density at radius 2 is 2.14 bits per heavy atom. The molecule has 4 nitrogen and oxygen atoms in total. The van der Waals surface area contributed by atoms with Crippen LogP contribution >= 0.6 is 15.9 Å². The van der Waals surface area contributed by atoms with Crippen molar-refractivity contribution < 1.29 is 9.53 Å². The second-order valence-corrected chi connectivity index (χ2v) is 6.11. The molecule has 0 N–H and O–H groups in total. The van der Waals surface area contributed by atoms with Gasteiger partial charge in [-0.1, -0.05) is 13.8 Å². The Morgan fingerprint density at radius 3 is 2.76 bits per heavy atom. The Balaban J connectivity index is 2.11. The van der Waals surface area contributed by atoms with Crippen LogP contribution in [0.4, 0.5) is 0 Å². The zero-order valence-corrected chi connectivity index (χ0v) is 14.5. The van der Waals surface area contributed by atoms with E-state index in [1.165, 1.54) is 0 Å². The number of benzene rings is 1. The molecule has 0 spiro atoms. The molecule has 1 atom stereocenters. The molecular formula is C16H23BrN2O2. The number of carbonyl (C=O) groups is 1. The molecule has 1 aliphatic rings. The quantitative estimate of drug-likeness (QED) is 0.814. The van der Waals surface area contributed by atoms with Gasteiger partial charge in [0.1, 0.15) is 5.75 Å². The summed E-state index contributed by atoms with van der Waals surface area (Å²) in [6.07, 6.45) is 1.05. The fourth-order valence-electron chi connectivity index (χ4n) is 2.93. The number of likely N-dealkylation sites (N-methyl/N-ethyl adjacent to an activating group) is 1. The molecule has 1 fully saturated rings. The predicted octanol–water partition coefficient (Wildman–Crippen LogP) is 3.01. The highest BCUT2D eigenvalue weighted by molar-refractivity contribution is 9.10. The van der Waals surface area contributed by atoms with E-state index in [9.17, 15) is 4.79 Å². The molecule has 2 rings (SSSR count). The Hall–Kier alpha value is -1.07. The number of amides is 1. The summed E-state index contributed by atoms with van der Waals surface area (Å²) in [4.78, 5) is 17.1. The highest BCUT2D eigenvalue weighted by atomic mass is 79.9. The fraction of sp³-hybridized carbons (Fsp3) is 0.562. The Morgan fingerprint density at radius 1 is 1.43 bits per heavy atom. The number of carbonyl (C=O) groups excluding carboxylic acids is 1. The lowest BCUT2D eigenvalue weighted by molar-refractivity contribution is 0.0776. The second kappa shape index (κ2) is 7.27. The zero-order valence-electron chi connectivity index (χ0n) is 12.9. The van der Waals surface area contributed by atoms with Crippen molar-refractivity contribution in [3.05, 3.63) is 28.2 Å². The monoisotopic (exact) mass is 354 g/mol. The van der Waals surface area contributed by atoms with Gasteiger partial charge < -0.3 is 9.64 Å². The lowest BCUT2D eigenvalue weighted by Gasteiger charge is -2.26. The molecule has 0 radical (unpaired) electrons. The highest BCUT2D eigenvalue weighted by Crippen LogP contribution is 2.26. The van der Waals surface area contributed by atoms with E-state index in [1.807, 2.05) is 17.0 Å². The third-order valence-corrected chi connectivity index (χ3v) is 4.87. The number of nitrogens with zero attached hydrogens (tertiary/aromatic N) is 2. The van der Waals surface area contributed by atoms with Crippen LogP contribution in [0.5, 0.6) is 5.75 Å². The van der Waals surface area contributed by atoms with Crippen LogP contribution in [0.2, 0.25) is 0 Å². The number of ether oxygens (including phenoxy) is 1. The summed E-state index contributed by atoms with van der Waals surface area (Å²) in [7, 11) is 1.61. The van der Waals surface area contributed by atoms with Gasteiger partial charge in [0.25, 0.3) is 5.91 Å². The average molecular weight is 355 g/mol. The van der Waals surface area contributed by atoms with Gasteiger partial charge in [0, 0.05) is 23.6 Å². The Labute approximate surface area is 135 Å². The molecule has 1 amide bonds. The first-order valence-corrected chi connectivity index (χ1v) is 8.26. The Kier molecular flexibility index (Phi) is 5.65. The first-order valence-electron chi connectivity index (χ1n) is 7.47. The molecule has 1 aromatic carbocycles. The third kappa shape index (κ3) is 3.58. The van der Waals surface area contributed by atoms with Crippen molar-refractivity contribution in [1.29, 1.82) is 0 Å². The van der Waals surface area contributed by atoms with Crippen LogP contribution in [0, 0.1) is 0 Å². The first kappa shape index (κ1) is 16.3. The average Bonchev–Trinajstić information content (AvgIpc) is 2.98. The Bertz CT molecular complexity index is 503. The van der Waals surface area contributed by atoms with Gasteiger partial charge in [-0.2, -0.15) is 0 Å². The topological polar surface area (TPSA) is 32.8 Å². The smallest absolute Gasteiger partial charge is 0.255 e. The summed E-state index contributed by atoms with van der Waals surface area (Å²) in [6, 6.07) is 6.00. The van der Waals surface area contributed by atoms with E-state index in [-0.39, 0.29) is 5.91 Å². The van der Waals surface area contributed by atoms with Crippen molar-refractivity contribution in [3.8, 4) is 5.75 Å². The molecule has 1 saturated heterocycles. The van der Waals surface area contributed by atoms with E-state index in [4.69, 9.17) is 4.74 Å². The van der Waals surface area contributed by atoms with Gasteiger partial charge >= 0.3 is 0 Å². The molecular weight excluding hydrogens is 332 g/mol. The van der Waals surface area contributed by atoms with Gasteiger partial charge in [0.05, 0.1) is 12.7 Å². The van der Waals surface area contributed by atoms with Crippen LogP contribution in [0.3, 0.4) is 0 Å². The van der Waals surface area contributed by atoms with Crippen LogP contribution < -0.4 is 4.74 Å². The largest absolute Gasteiger partial charge is 0.497 e. The minimum atomic E-state index is 0.0791. The van der Waals surface area contributed by atoms with Gasteiger partial charge in [-0.05, 0) is 53.6 Å². The van der Waals surface area contributed by atoms with Gasteiger partial charge in [-0.25, -0.2) is 0 Å². The minimum absolute atomic E-state index is 0.0791. The molecule has 1 aromatic rings. The molecule has 0 aromatic heterocycles. The van der Waals surface area contributed by atoms with Crippen molar-refractivity contribution in [3.63, 3.8) is 0 Å². The van der Waals surface area contributed by atoms with Crippen molar-refractivity contribution in [1.82, 2.24) is 9.80 Å². The summed E-state index contributed by atoms with van der Waals surface area (Å²) in [5.74, 6) is 0.788. The van der Waals surface area contributed by atoms with Crippen LogP contribution in [-0.4, -0.2) is 55.0 Å². The minimum Gasteiger partial charge on any atom is -0.497 e. The summed E-state index contributed by atoms with van der Waals surface area (Å²) in [5.41, 5.74) is 0.676. The van der Waals surface area contributed by atoms with Gasteiger partial charge in [-0.3, -0.25) is 9.69 Å². The summed E-state index contributed by atoms with van der Waals surface area (Å²) >= 11 is 3.47. The van der Waals surface area contributed by atoms with E-state index in [0.29, 0.717) is 17.4 Å². The maximum Gasteiger partial charge on any atom is 0.255 e. The molecule has 1 heterocycles. The van der Waals surface area contributed by atoms with Crippen LogP contribution in [0.25, 0.3) is 0 Å². The number of likely N-dealkylation sites (tertiary alicyclic amines) is 1. The molecule has 5 heteroatoms. The lowest BCUT2D eigenvalue weighted by atomic mass is 10.2. The highest BCUT2D eigenvalue weighted by Gasteiger charge is 2.30. The van der Waals surface area contributed by atoms with Crippen LogP contribution in [0.1, 0.15) is 30.6 Å². The van der Waals surface area contributed by atoms with E-state index in [2.05, 4.69) is 34.7 Å². The molecule has 0 saturated carbocycles. The second-order valence-electron chi connectivity index (χ2n) is 5.26. The normalized spacial score (nSPS) is 18.3. The lowest BCUT2D eigenvalue weighted by Crippen LogP contribution is -2.38. The molecule has 116 valence electrons. The van der Waals surface area contributed by atoms with Gasteiger partial charge in [-0.15, -0.1) is 0 Å². The van der Waals surface area contributed by atoms with Crippen LogP contribution in [0.15, 0.2) is 22.7 Å².